The first kappa shape index (κ1) is 23.9. The van der Waals surface area contributed by atoms with E-state index in [2.05, 4.69) is 10.2 Å². The average molecular weight is 547 g/mol. The van der Waals surface area contributed by atoms with Gasteiger partial charge in [-0.15, -0.1) is 10.2 Å². The topological polar surface area (TPSA) is 119 Å². The van der Waals surface area contributed by atoms with Crippen LogP contribution in [0.2, 0.25) is 0 Å². The molecule has 2 aromatic heterocycles. The van der Waals surface area contributed by atoms with Crippen LogP contribution in [0.15, 0.2) is 86.3 Å². The molecule has 1 atom stereocenters. The summed E-state index contributed by atoms with van der Waals surface area (Å²) in [6, 6.07) is 17.8. The highest BCUT2D eigenvalue weighted by Crippen LogP contribution is 2.43. The van der Waals surface area contributed by atoms with E-state index in [4.69, 9.17) is 4.42 Å². The number of halogens is 1. The van der Waals surface area contributed by atoms with E-state index in [-0.39, 0.29) is 33.1 Å². The minimum absolute atomic E-state index is 0.00985. The van der Waals surface area contributed by atoms with E-state index in [1.807, 2.05) is 30.3 Å². The summed E-state index contributed by atoms with van der Waals surface area (Å²) in [4.78, 5) is 39.2. The first-order chi connectivity index (χ1) is 18.4. The number of nitrogens with zero attached hydrogens (tertiary/aromatic N) is 4. The van der Waals surface area contributed by atoms with Crippen LogP contribution in [0.1, 0.15) is 33.3 Å². The van der Waals surface area contributed by atoms with Gasteiger partial charge in [-0.25, -0.2) is 4.39 Å². The number of anilines is 1. The number of hydrogen-bond donors (Lipinski definition) is 0. The fraction of sp³-hybridized carbons (Fsp3) is 0.0769. The van der Waals surface area contributed by atoms with E-state index in [0.717, 1.165) is 17.7 Å². The molecule has 5 aromatic rings. The van der Waals surface area contributed by atoms with Gasteiger partial charge in [-0.3, -0.25) is 24.6 Å². The Bertz CT molecular complexity index is 1770. The number of carbonyl (C=O) groups excluding carboxylic acids is 1. The van der Waals surface area contributed by atoms with Crippen LogP contribution < -0.4 is 10.3 Å². The maximum absolute atomic E-state index is 14.0. The lowest BCUT2D eigenvalue weighted by Gasteiger charge is -2.21. The fourth-order valence-corrected chi connectivity index (χ4v) is 6.14. The number of thioether (sulfide) groups is 1. The molecule has 0 N–H and O–H groups in total. The van der Waals surface area contributed by atoms with Crippen molar-refractivity contribution in [2.24, 2.45) is 0 Å². The minimum atomic E-state index is -0.998. The molecule has 3 heterocycles. The molecule has 9 nitrogen and oxygen atoms in total. The van der Waals surface area contributed by atoms with Crippen LogP contribution in [0, 0.1) is 15.9 Å². The molecule has 38 heavy (non-hydrogen) atoms. The monoisotopic (exact) mass is 546 g/mol. The second kappa shape index (κ2) is 9.47. The molecule has 1 amide bonds. The number of benzene rings is 3. The zero-order valence-electron chi connectivity index (χ0n) is 19.2. The van der Waals surface area contributed by atoms with Crippen molar-refractivity contribution >= 4 is 50.8 Å². The zero-order chi connectivity index (χ0) is 26.4. The van der Waals surface area contributed by atoms with Crippen LogP contribution in [0.5, 0.6) is 0 Å². The number of hydrogen-bond acceptors (Lipinski definition) is 9. The Morgan fingerprint density at radius 2 is 1.82 bits per heavy atom. The third kappa shape index (κ3) is 4.13. The fourth-order valence-electron chi connectivity index (χ4n) is 4.31. The van der Waals surface area contributed by atoms with Crippen LogP contribution in [0.3, 0.4) is 0 Å². The van der Waals surface area contributed by atoms with E-state index < -0.39 is 28.1 Å². The molecule has 0 bridgehead atoms. The van der Waals surface area contributed by atoms with E-state index in [1.54, 1.807) is 0 Å². The Labute approximate surface area is 221 Å². The van der Waals surface area contributed by atoms with E-state index in [0.29, 0.717) is 15.7 Å². The number of nitro benzene ring substituents is 1. The highest BCUT2D eigenvalue weighted by Gasteiger charge is 2.45. The third-order valence-electron chi connectivity index (χ3n) is 6.06. The highest BCUT2D eigenvalue weighted by atomic mass is 32.2. The number of aromatic nitrogens is 2. The second-order valence-corrected chi connectivity index (χ2v) is 10.5. The molecule has 3 aromatic carbocycles. The summed E-state index contributed by atoms with van der Waals surface area (Å²) in [6.45, 7) is 0. The predicted molar refractivity (Wildman–Crippen MR) is 140 cm³/mol. The van der Waals surface area contributed by atoms with Gasteiger partial charge in [0.1, 0.15) is 11.4 Å². The average Bonchev–Trinajstić information content (AvgIpc) is 3.51. The van der Waals surface area contributed by atoms with Gasteiger partial charge in [0.2, 0.25) is 10.9 Å². The summed E-state index contributed by atoms with van der Waals surface area (Å²) in [7, 11) is 0. The highest BCUT2D eigenvalue weighted by molar-refractivity contribution is 8.00. The molecule has 0 fully saturated rings. The van der Waals surface area contributed by atoms with Crippen molar-refractivity contribution < 1.29 is 18.5 Å². The molecule has 0 aliphatic carbocycles. The SMILES string of the molecule is O=C1c2oc3ccc(F)cc3c(=O)c2C(c2ccc([N+](=O)[O-])cc2)N1c1nnc(SCc2ccccc2)s1. The summed E-state index contributed by atoms with van der Waals surface area (Å²) < 4.78 is 20.4. The molecule has 0 radical (unpaired) electrons. The quantitative estimate of drug-likeness (QED) is 0.115. The van der Waals surface area contributed by atoms with Crippen LogP contribution in [0.4, 0.5) is 15.2 Å². The summed E-state index contributed by atoms with van der Waals surface area (Å²) >= 11 is 2.63. The van der Waals surface area contributed by atoms with Crippen molar-refractivity contribution in [2.75, 3.05) is 4.90 Å². The summed E-state index contributed by atoms with van der Waals surface area (Å²) in [5.41, 5.74) is 0.895. The van der Waals surface area contributed by atoms with Gasteiger partial charge in [-0.2, -0.15) is 0 Å². The van der Waals surface area contributed by atoms with E-state index >= 15 is 0 Å². The molecule has 1 aliphatic rings. The number of rotatable bonds is 6. The lowest BCUT2D eigenvalue weighted by atomic mass is 9.98. The number of carbonyl (C=O) groups is 1. The minimum Gasteiger partial charge on any atom is -0.450 e. The first-order valence-electron chi connectivity index (χ1n) is 11.2. The lowest BCUT2D eigenvalue weighted by molar-refractivity contribution is -0.384. The van der Waals surface area contributed by atoms with Gasteiger partial charge in [-0.05, 0) is 41.5 Å². The van der Waals surface area contributed by atoms with E-state index in [1.165, 1.54) is 58.3 Å². The smallest absolute Gasteiger partial charge is 0.297 e. The van der Waals surface area contributed by atoms with Crippen molar-refractivity contribution in [3.63, 3.8) is 0 Å². The Morgan fingerprint density at radius 3 is 2.55 bits per heavy atom. The lowest BCUT2D eigenvalue weighted by Crippen LogP contribution is -2.29. The largest absolute Gasteiger partial charge is 0.450 e. The van der Waals surface area contributed by atoms with Crippen LogP contribution in [-0.2, 0) is 5.75 Å². The van der Waals surface area contributed by atoms with Gasteiger partial charge < -0.3 is 4.42 Å². The van der Waals surface area contributed by atoms with Crippen molar-refractivity contribution in [3.8, 4) is 0 Å². The first-order valence-corrected chi connectivity index (χ1v) is 13.1. The summed E-state index contributed by atoms with van der Waals surface area (Å²) in [5, 5.41) is 19.8. The maximum Gasteiger partial charge on any atom is 0.297 e. The van der Waals surface area contributed by atoms with Gasteiger partial charge in [-0.1, -0.05) is 53.4 Å². The molecule has 0 spiro atoms. The maximum atomic E-state index is 14.0. The van der Waals surface area contributed by atoms with Crippen molar-refractivity contribution in [3.05, 3.63) is 121 Å². The molecule has 12 heteroatoms. The van der Waals surface area contributed by atoms with Crippen molar-refractivity contribution in [1.82, 2.24) is 10.2 Å². The Kier molecular flexibility index (Phi) is 5.97. The zero-order valence-corrected chi connectivity index (χ0v) is 20.9. The van der Waals surface area contributed by atoms with Gasteiger partial charge in [0, 0.05) is 17.9 Å². The van der Waals surface area contributed by atoms with Crippen molar-refractivity contribution in [2.45, 2.75) is 16.1 Å². The standard InChI is InChI=1S/C26H15FN4O5S2/c27-16-8-11-19-18(12-16)22(32)20-21(15-6-9-17(10-7-15)31(34)35)30(24(33)23(20)36-19)25-28-29-26(38-25)37-13-14-4-2-1-3-5-14/h1-12,21H,13H2. The summed E-state index contributed by atoms with van der Waals surface area (Å²) in [5.74, 6) is -0.775. The molecular weight excluding hydrogens is 531 g/mol. The van der Waals surface area contributed by atoms with Gasteiger partial charge in [0.05, 0.1) is 21.9 Å². The van der Waals surface area contributed by atoms with Gasteiger partial charge in [0.25, 0.3) is 11.6 Å². The molecular formula is C26H15FN4O5S2. The number of fused-ring (bicyclic) bond motifs is 2. The van der Waals surface area contributed by atoms with Crippen LogP contribution in [0.25, 0.3) is 11.0 Å². The van der Waals surface area contributed by atoms with Crippen molar-refractivity contribution in [1.29, 1.82) is 0 Å². The van der Waals surface area contributed by atoms with E-state index in [9.17, 15) is 24.1 Å². The van der Waals surface area contributed by atoms with Gasteiger partial charge >= 0.3 is 0 Å². The summed E-state index contributed by atoms with van der Waals surface area (Å²) in [6.07, 6.45) is 0. The molecule has 0 saturated heterocycles. The molecule has 1 aliphatic heterocycles. The Balaban J connectivity index is 1.45. The third-order valence-corrected chi connectivity index (χ3v) is 8.19. The molecule has 6 rings (SSSR count). The number of nitro groups is 1. The Hall–Kier alpha value is -4.42. The Morgan fingerprint density at radius 1 is 1.05 bits per heavy atom. The van der Waals surface area contributed by atoms with Crippen LogP contribution >= 0.6 is 23.1 Å². The molecule has 0 saturated carbocycles. The molecule has 188 valence electrons. The number of amides is 1. The van der Waals surface area contributed by atoms with Crippen LogP contribution in [-0.4, -0.2) is 21.0 Å². The number of non-ortho nitro benzene ring substituents is 1. The van der Waals surface area contributed by atoms with Gasteiger partial charge in [0.15, 0.2) is 9.77 Å². The molecule has 1 unspecified atom stereocenters. The normalized spacial score (nSPS) is 14.7. The predicted octanol–water partition coefficient (Wildman–Crippen LogP) is 5.73. The second-order valence-electron chi connectivity index (χ2n) is 8.37.